The Hall–Kier alpha value is -2.14. The summed E-state index contributed by atoms with van der Waals surface area (Å²) >= 11 is 3.50. The number of aryl methyl sites for hydroxylation is 1. The zero-order valence-electron chi connectivity index (χ0n) is 11.5. The van der Waals surface area contributed by atoms with E-state index < -0.39 is 0 Å². The van der Waals surface area contributed by atoms with Gasteiger partial charge in [-0.25, -0.2) is 0 Å². The molecule has 106 valence electrons. The van der Waals surface area contributed by atoms with E-state index in [9.17, 15) is 4.79 Å². The summed E-state index contributed by atoms with van der Waals surface area (Å²) in [5.74, 6) is 0.484. The number of anilines is 1. The van der Waals surface area contributed by atoms with Crippen LogP contribution in [-0.4, -0.2) is 16.1 Å². The lowest BCUT2D eigenvalue weighted by Crippen LogP contribution is -2.14. The molecule has 1 heterocycles. The zero-order chi connectivity index (χ0) is 14.8. The first kappa shape index (κ1) is 13.8. The van der Waals surface area contributed by atoms with E-state index in [2.05, 4.69) is 31.4 Å². The van der Waals surface area contributed by atoms with Gasteiger partial charge in [0.2, 0.25) is 5.91 Å². The summed E-state index contributed by atoms with van der Waals surface area (Å²) in [6.45, 7) is 2.01. The Morgan fingerprint density at radius 1 is 1.29 bits per heavy atom. The number of aromatic nitrogens is 2. The minimum Gasteiger partial charge on any atom is -0.308 e. The van der Waals surface area contributed by atoms with Crippen molar-refractivity contribution < 1.29 is 4.79 Å². The minimum absolute atomic E-state index is 0.0775. The van der Waals surface area contributed by atoms with E-state index in [0.29, 0.717) is 12.2 Å². The van der Waals surface area contributed by atoms with Crippen LogP contribution in [0.2, 0.25) is 0 Å². The van der Waals surface area contributed by atoms with Crippen molar-refractivity contribution in [3.05, 3.63) is 58.1 Å². The second-order valence-electron chi connectivity index (χ2n) is 4.93. The Morgan fingerprint density at radius 2 is 2.05 bits per heavy atom. The van der Waals surface area contributed by atoms with Crippen LogP contribution in [0.4, 0.5) is 5.82 Å². The number of aromatic amines is 1. The molecular formula is C16H14BrN3O. The highest BCUT2D eigenvalue weighted by molar-refractivity contribution is 9.10. The number of H-pyrrole nitrogens is 1. The third-order valence-electron chi connectivity index (χ3n) is 3.31. The van der Waals surface area contributed by atoms with Gasteiger partial charge < -0.3 is 5.32 Å². The molecule has 3 rings (SSSR count). The molecule has 2 N–H and O–H groups in total. The highest BCUT2D eigenvalue weighted by Crippen LogP contribution is 2.27. The molecule has 0 unspecified atom stereocenters. The number of benzene rings is 2. The smallest absolute Gasteiger partial charge is 0.230 e. The SMILES string of the molecule is Cc1cc2[nH]nc(NC(=O)Cc3ccccc3)c2cc1Br. The number of nitrogens with zero attached hydrogens (tertiary/aromatic N) is 1. The molecule has 1 amide bonds. The van der Waals surface area contributed by atoms with Gasteiger partial charge in [-0.3, -0.25) is 9.89 Å². The summed E-state index contributed by atoms with van der Waals surface area (Å²) in [6, 6.07) is 13.6. The van der Waals surface area contributed by atoms with Crippen LogP contribution in [-0.2, 0) is 11.2 Å². The predicted octanol–water partition coefficient (Wildman–Crippen LogP) is 3.82. The van der Waals surface area contributed by atoms with Gasteiger partial charge >= 0.3 is 0 Å². The molecule has 0 saturated heterocycles. The van der Waals surface area contributed by atoms with E-state index >= 15 is 0 Å². The van der Waals surface area contributed by atoms with Crippen molar-refractivity contribution in [2.24, 2.45) is 0 Å². The number of nitrogens with one attached hydrogen (secondary N) is 2. The predicted molar refractivity (Wildman–Crippen MR) is 87.3 cm³/mol. The maximum Gasteiger partial charge on any atom is 0.230 e. The van der Waals surface area contributed by atoms with Gasteiger partial charge in [-0.2, -0.15) is 5.10 Å². The molecule has 0 bridgehead atoms. The van der Waals surface area contributed by atoms with Crippen LogP contribution in [0.1, 0.15) is 11.1 Å². The lowest BCUT2D eigenvalue weighted by atomic mass is 10.1. The van der Waals surface area contributed by atoms with Crippen LogP contribution in [0, 0.1) is 6.92 Å². The Balaban J connectivity index is 1.82. The fraction of sp³-hybridized carbons (Fsp3) is 0.125. The molecule has 0 saturated carbocycles. The van der Waals surface area contributed by atoms with Crippen LogP contribution in [0.3, 0.4) is 0 Å². The molecular weight excluding hydrogens is 330 g/mol. The van der Waals surface area contributed by atoms with Gasteiger partial charge in [0.1, 0.15) is 0 Å². The third-order valence-corrected chi connectivity index (χ3v) is 4.16. The summed E-state index contributed by atoms with van der Waals surface area (Å²) in [5, 5.41) is 10.9. The van der Waals surface area contributed by atoms with Gasteiger partial charge in [-0.05, 0) is 30.2 Å². The Bertz CT molecular complexity index is 796. The van der Waals surface area contributed by atoms with Crippen molar-refractivity contribution >= 4 is 38.6 Å². The number of hydrogen-bond acceptors (Lipinski definition) is 2. The standard InChI is InChI=1S/C16H14BrN3O/c1-10-7-14-12(9-13(10)17)16(20-19-14)18-15(21)8-11-5-3-2-4-6-11/h2-7,9H,8H2,1H3,(H2,18,19,20,21). The summed E-state index contributed by atoms with van der Waals surface area (Å²) in [6.07, 6.45) is 0.336. The van der Waals surface area contributed by atoms with Gasteiger partial charge in [-0.15, -0.1) is 0 Å². The summed E-state index contributed by atoms with van der Waals surface area (Å²) in [7, 11) is 0. The molecule has 0 fully saturated rings. The van der Waals surface area contributed by atoms with Crippen LogP contribution in [0.15, 0.2) is 46.9 Å². The van der Waals surface area contributed by atoms with Gasteiger partial charge in [0.05, 0.1) is 11.9 Å². The second kappa shape index (κ2) is 5.69. The highest BCUT2D eigenvalue weighted by atomic mass is 79.9. The Labute approximate surface area is 130 Å². The molecule has 21 heavy (non-hydrogen) atoms. The van der Waals surface area contributed by atoms with Crippen molar-refractivity contribution in [2.45, 2.75) is 13.3 Å². The van der Waals surface area contributed by atoms with Gasteiger partial charge in [-0.1, -0.05) is 46.3 Å². The number of rotatable bonds is 3. The number of amides is 1. The second-order valence-corrected chi connectivity index (χ2v) is 5.78. The highest BCUT2D eigenvalue weighted by Gasteiger charge is 2.11. The van der Waals surface area contributed by atoms with Crippen LogP contribution in [0.5, 0.6) is 0 Å². The first-order valence-electron chi connectivity index (χ1n) is 6.61. The number of carbonyl (C=O) groups is 1. The molecule has 0 radical (unpaired) electrons. The molecule has 0 atom stereocenters. The Morgan fingerprint density at radius 3 is 2.81 bits per heavy atom. The van der Waals surface area contributed by atoms with E-state index in [4.69, 9.17) is 0 Å². The van der Waals surface area contributed by atoms with Gasteiger partial charge in [0, 0.05) is 9.86 Å². The quantitative estimate of drug-likeness (QED) is 0.759. The topological polar surface area (TPSA) is 57.8 Å². The van der Waals surface area contributed by atoms with E-state index in [0.717, 1.165) is 26.5 Å². The van der Waals surface area contributed by atoms with Crippen molar-refractivity contribution in [1.29, 1.82) is 0 Å². The van der Waals surface area contributed by atoms with Crippen LogP contribution < -0.4 is 5.32 Å². The lowest BCUT2D eigenvalue weighted by molar-refractivity contribution is -0.115. The molecule has 3 aromatic rings. The zero-order valence-corrected chi connectivity index (χ0v) is 13.1. The van der Waals surface area contributed by atoms with Gasteiger partial charge in [0.15, 0.2) is 5.82 Å². The fourth-order valence-corrected chi connectivity index (χ4v) is 2.54. The minimum atomic E-state index is -0.0775. The van der Waals surface area contributed by atoms with Crippen molar-refractivity contribution in [2.75, 3.05) is 5.32 Å². The van der Waals surface area contributed by atoms with Crippen molar-refractivity contribution in [3.63, 3.8) is 0 Å². The number of halogens is 1. The number of fused-ring (bicyclic) bond motifs is 1. The molecule has 2 aromatic carbocycles. The Kier molecular flexibility index (Phi) is 3.75. The van der Waals surface area contributed by atoms with Crippen LogP contribution >= 0.6 is 15.9 Å². The average Bonchev–Trinajstić information content (AvgIpc) is 2.83. The summed E-state index contributed by atoms with van der Waals surface area (Å²) < 4.78 is 0.995. The van der Waals surface area contributed by atoms with Crippen molar-refractivity contribution in [3.8, 4) is 0 Å². The third kappa shape index (κ3) is 2.97. The first-order valence-corrected chi connectivity index (χ1v) is 7.41. The maximum absolute atomic E-state index is 12.1. The monoisotopic (exact) mass is 343 g/mol. The molecule has 0 aliphatic rings. The van der Waals surface area contributed by atoms with E-state index in [1.165, 1.54) is 0 Å². The van der Waals surface area contributed by atoms with Crippen LogP contribution in [0.25, 0.3) is 10.9 Å². The molecule has 4 nitrogen and oxygen atoms in total. The average molecular weight is 344 g/mol. The maximum atomic E-state index is 12.1. The van der Waals surface area contributed by atoms with Crippen molar-refractivity contribution in [1.82, 2.24) is 10.2 Å². The van der Waals surface area contributed by atoms with E-state index in [-0.39, 0.29) is 5.91 Å². The molecule has 0 aliphatic heterocycles. The molecule has 0 spiro atoms. The summed E-state index contributed by atoms with van der Waals surface area (Å²) in [5.41, 5.74) is 3.01. The number of hydrogen-bond donors (Lipinski definition) is 2. The molecule has 5 heteroatoms. The lowest BCUT2D eigenvalue weighted by Gasteiger charge is -2.03. The normalized spacial score (nSPS) is 10.8. The largest absolute Gasteiger partial charge is 0.308 e. The first-order chi connectivity index (χ1) is 10.1. The van der Waals surface area contributed by atoms with E-state index in [1.807, 2.05) is 49.4 Å². The fourth-order valence-electron chi connectivity index (χ4n) is 2.20. The van der Waals surface area contributed by atoms with E-state index in [1.54, 1.807) is 0 Å². The molecule has 1 aromatic heterocycles. The number of carbonyl (C=O) groups excluding carboxylic acids is 1. The van der Waals surface area contributed by atoms with Gasteiger partial charge in [0.25, 0.3) is 0 Å². The summed E-state index contributed by atoms with van der Waals surface area (Å²) in [4.78, 5) is 12.1. The molecule has 0 aliphatic carbocycles.